The molecule has 1 N–H and O–H groups in total. The van der Waals surface area contributed by atoms with Crippen molar-refractivity contribution in [3.8, 4) is 11.3 Å². The first-order chi connectivity index (χ1) is 15.3. The summed E-state index contributed by atoms with van der Waals surface area (Å²) in [4.78, 5) is 17.6. The number of carbonyl (C=O) groups is 1. The van der Waals surface area contributed by atoms with Gasteiger partial charge in [-0.3, -0.25) is 19.1 Å². The van der Waals surface area contributed by atoms with Crippen LogP contribution in [0.5, 0.6) is 0 Å². The molecule has 0 aliphatic heterocycles. The van der Waals surface area contributed by atoms with Crippen molar-refractivity contribution in [2.45, 2.75) is 11.8 Å². The molecule has 0 bridgehead atoms. The SMILES string of the molecule is Cc1ccc(S(=O)(=O)N(C)c2c(C(=O)Nc3nc(-c4ccccc4)cs3)cnn2C)cc1. The zero-order valence-corrected chi connectivity index (χ0v) is 19.3. The van der Waals surface area contributed by atoms with Crippen molar-refractivity contribution in [3.05, 3.63) is 77.3 Å². The number of amides is 1. The summed E-state index contributed by atoms with van der Waals surface area (Å²) >= 11 is 1.29. The summed E-state index contributed by atoms with van der Waals surface area (Å²) < 4.78 is 28.7. The number of carbonyl (C=O) groups excluding carboxylic acids is 1. The van der Waals surface area contributed by atoms with Gasteiger partial charge in [0.25, 0.3) is 15.9 Å². The van der Waals surface area contributed by atoms with Crippen molar-refractivity contribution in [2.24, 2.45) is 7.05 Å². The van der Waals surface area contributed by atoms with E-state index in [2.05, 4.69) is 15.4 Å². The quantitative estimate of drug-likeness (QED) is 0.463. The predicted octanol–water partition coefficient (Wildman–Crippen LogP) is 3.93. The maximum Gasteiger partial charge on any atom is 0.265 e. The standard InChI is InChI=1S/C22H21N5O3S2/c1-15-9-11-17(12-10-15)32(29,30)27(3)21-18(13-23-26(21)2)20(28)25-22-24-19(14-31-22)16-7-5-4-6-8-16/h4-14H,1-3H3,(H,24,25,28). The molecule has 0 atom stereocenters. The molecular weight excluding hydrogens is 446 g/mol. The Morgan fingerprint density at radius 3 is 2.47 bits per heavy atom. The van der Waals surface area contributed by atoms with E-state index in [0.29, 0.717) is 5.13 Å². The summed E-state index contributed by atoms with van der Waals surface area (Å²) in [6, 6.07) is 16.2. The van der Waals surface area contributed by atoms with Crippen LogP contribution in [0, 0.1) is 6.92 Å². The number of aromatic nitrogens is 3. The molecule has 4 aromatic rings. The minimum atomic E-state index is -3.88. The largest absolute Gasteiger partial charge is 0.298 e. The Labute approximate surface area is 190 Å². The van der Waals surface area contributed by atoms with Gasteiger partial charge in [-0.2, -0.15) is 5.10 Å². The van der Waals surface area contributed by atoms with Gasteiger partial charge in [-0.05, 0) is 19.1 Å². The van der Waals surface area contributed by atoms with Crippen molar-refractivity contribution in [1.29, 1.82) is 0 Å². The molecule has 0 aliphatic rings. The number of nitrogens with zero attached hydrogens (tertiary/aromatic N) is 4. The maximum atomic E-state index is 13.1. The van der Waals surface area contributed by atoms with Crippen LogP contribution in [-0.4, -0.2) is 36.1 Å². The summed E-state index contributed by atoms with van der Waals surface area (Å²) in [6.45, 7) is 1.88. The minimum absolute atomic E-state index is 0.127. The second-order valence-electron chi connectivity index (χ2n) is 7.15. The second-order valence-corrected chi connectivity index (χ2v) is 9.98. The summed E-state index contributed by atoms with van der Waals surface area (Å²) in [6.07, 6.45) is 1.34. The highest BCUT2D eigenvalue weighted by molar-refractivity contribution is 7.92. The Hall–Kier alpha value is -3.50. The normalized spacial score (nSPS) is 11.3. The van der Waals surface area contributed by atoms with Gasteiger partial charge in [-0.1, -0.05) is 48.0 Å². The number of anilines is 2. The highest BCUT2D eigenvalue weighted by atomic mass is 32.2. The second kappa shape index (κ2) is 8.56. The fourth-order valence-corrected chi connectivity index (χ4v) is 5.14. The zero-order valence-electron chi connectivity index (χ0n) is 17.7. The molecule has 2 aromatic carbocycles. The Balaban J connectivity index is 1.60. The van der Waals surface area contributed by atoms with Crippen LogP contribution in [0.1, 0.15) is 15.9 Å². The van der Waals surface area contributed by atoms with Crippen LogP contribution >= 0.6 is 11.3 Å². The number of thiazole rings is 1. The van der Waals surface area contributed by atoms with Crippen LogP contribution in [-0.2, 0) is 17.1 Å². The number of rotatable bonds is 6. The van der Waals surface area contributed by atoms with E-state index < -0.39 is 15.9 Å². The molecule has 8 nitrogen and oxygen atoms in total. The lowest BCUT2D eigenvalue weighted by Crippen LogP contribution is -2.30. The molecule has 164 valence electrons. The Morgan fingerprint density at radius 1 is 1.09 bits per heavy atom. The highest BCUT2D eigenvalue weighted by Crippen LogP contribution is 2.28. The minimum Gasteiger partial charge on any atom is -0.298 e. The molecule has 4 rings (SSSR count). The average molecular weight is 468 g/mol. The van der Waals surface area contributed by atoms with Crippen LogP contribution in [0.3, 0.4) is 0 Å². The van der Waals surface area contributed by atoms with E-state index in [1.165, 1.54) is 41.4 Å². The van der Waals surface area contributed by atoms with Gasteiger partial charge in [0.2, 0.25) is 0 Å². The molecule has 0 spiro atoms. The summed E-state index contributed by atoms with van der Waals surface area (Å²) in [5.41, 5.74) is 2.76. The van der Waals surface area contributed by atoms with Gasteiger partial charge in [-0.25, -0.2) is 13.4 Å². The molecule has 0 saturated heterocycles. The fraction of sp³-hybridized carbons (Fsp3) is 0.136. The third-order valence-corrected chi connectivity index (χ3v) is 7.44. The van der Waals surface area contributed by atoms with Gasteiger partial charge in [0.15, 0.2) is 10.9 Å². The van der Waals surface area contributed by atoms with E-state index in [1.807, 2.05) is 42.6 Å². The van der Waals surface area contributed by atoms with Gasteiger partial charge in [0.05, 0.1) is 16.8 Å². The molecule has 32 heavy (non-hydrogen) atoms. The predicted molar refractivity (Wildman–Crippen MR) is 125 cm³/mol. The van der Waals surface area contributed by atoms with Crippen LogP contribution < -0.4 is 9.62 Å². The third kappa shape index (κ3) is 4.14. The molecular formula is C22H21N5O3S2. The Bertz CT molecular complexity index is 1360. The first-order valence-electron chi connectivity index (χ1n) is 9.67. The van der Waals surface area contributed by atoms with Crippen LogP contribution in [0.15, 0.2) is 71.1 Å². The maximum absolute atomic E-state index is 13.1. The van der Waals surface area contributed by atoms with Crippen molar-refractivity contribution in [2.75, 3.05) is 16.7 Å². The highest BCUT2D eigenvalue weighted by Gasteiger charge is 2.28. The third-order valence-electron chi connectivity index (χ3n) is 4.92. The van der Waals surface area contributed by atoms with Crippen LogP contribution in [0.2, 0.25) is 0 Å². The molecule has 0 fully saturated rings. The number of benzene rings is 2. The van der Waals surface area contributed by atoms with E-state index >= 15 is 0 Å². The first-order valence-corrected chi connectivity index (χ1v) is 12.0. The van der Waals surface area contributed by atoms with E-state index in [0.717, 1.165) is 21.1 Å². The van der Waals surface area contributed by atoms with Crippen LogP contribution in [0.4, 0.5) is 10.9 Å². The van der Waals surface area contributed by atoms with Gasteiger partial charge in [0, 0.05) is 25.0 Å². The Kier molecular flexibility index (Phi) is 5.81. The monoisotopic (exact) mass is 467 g/mol. The van der Waals surface area contributed by atoms with Gasteiger partial charge in [0.1, 0.15) is 5.56 Å². The molecule has 10 heteroatoms. The topological polar surface area (TPSA) is 97.2 Å². The molecule has 0 radical (unpaired) electrons. The smallest absolute Gasteiger partial charge is 0.265 e. The summed E-state index contributed by atoms with van der Waals surface area (Å²) in [7, 11) is -0.892. The molecule has 0 unspecified atom stereocenters. The van der Waals surface area contributed by atoms with Crippen LogP contribution in [0.25, 0.3) is 11.3 Å². The van der Waals surface area contributed by atoms with Crippen molar-refractivity contribution >= 4 is 38.2 Å². The molecule has 0 aliphatic carbocycles. The van der Waals surface area contributed by atoms with Gasteiger partial charge in [-0.15, -0.1) is 11.3 Å². The van der Waals surface area contributed by atoms with E-state index in [1.54, 1.807) is 19.2 Å². The summed E-state index contributed by atoms with van der Waals surface area (Å²) in [5.74, 6) is -0.337. The lowest BCUT2D eigenvalue weighted by atomic mass is 10.2. The van der Waals surface area contributed by atoms with E-state index in [-0.39, 0.29) is 16.3 Å². The summed E-state index contributed by atoms with van der Waals surface area (Å²) in [5, 5.41) is 9.12. The molecule has 2 heterocycles. The number of nitrogens with one attached hydrogen (secondary N) is 1. The van der Waals surface area contributed by atoms with E-state index in [9.17, 15) is 13.2 Å². The van der Waals surface area contributed by atoms with Crippen molar-refractivity contribution in [3.63, 3.8) is 0 Å². The lowest BCUT2D eigenvalue weighted by Gasteiger charge is -2.20. The number of aryl methyl sites for hydroxylation is 2. The number of hydrogen-bond donors (Lipinski definition) is 1. The van der Waals surface area contributed by atoms with Crippen molar-refractivity contribution in [1.82, 2.24) is 14.8 Å². The van der Waals surface area contributed by atoms with Crippen molar-refractivity contribution < 1.29 is 13.2 Å². The van der Waals surface area contributed by atoms with Gasteiger partial charge < -0.3 is 0 Å². The average Bonchev–Trinajstić information content (AvgIpc) is 3.40. The lowest BCUT2D eigenvalue weighted by molar-refractivity contribution is 0.102. The van der Waals surface area contributed by atoms with E-state index in [4.69, 9.17) is 0 Å². The fourth-order valence-electron chi connectivity index (χ4n) is 3.18. The molecule has 0 saturated carbocycles. The number of hydrogen-bond acceptors (Lipinski definition) is 6. The van der Waals surface area contributed by atoms with Gasteiger partial charge >= 0.3 is 0 Å². The number of sulfonamides is 1. The molecule has 1 amide bonds. The first kappa shape index (κ1) is 21.7. The molecule has 2 aromatic heterocycles. The zero-order chi connectivity index (χ0) is 22.9. The Morgan fingerprint density at radius 2 is 1.78 bits per heavy atom.